The molecule has 6 heteroatoms. The lowest BCUT2D eigenvalue weighted by molar-refractivity contribution is 0.156. The number of halogens is 1. The van der Waals surface area contributed by atoms with Gasteiger partial charge in [0.15, 0.2) is 0 Å². The molecule has 0 aliphatic carbocycles. The summed E-state index contributed by atoms with van der Waals surface area (Å²) in [6.45, 7) is 2.33. The molecule has 2 heterocycles. The molecule has 0 spiro atoms. The molecule has 29 heavy (non-hydrogen) atoms. The van der Waals surface area contributed by atoms with Gasteiger partial charge in [-0.1, -0.05) is 17.7 Å². The topological polar surface area (TPSA) is 57.9 Å². The van der Waals surface area contributed by atoms with Crippen LogP contribution in [0.5, 0.6) is 5.75 Å². The minimum Gasteiger partial charge on any atom is -0.496 e. The van der Waals surface area contributed by atoms with Crippen molar-refractivity contribution in [1.29, 1.82) is 0 Å². The third-order valence-corrected chi connectivity index (χ3v) is 6.17. The molecule has 1 aromatic heterocycles. The van der Waals surface area contributed by atoms with E-state index in [9.17, 15) is 10.2 Å². The van der Waals surface area contributed by atoms with Crippen LogP contribution in [0, 0.1) is 0 Å². The van der Waals surface area contributed by atoms with Gasteiger partial charge in [0.25, 0.3) is 0 Å². The van der Waals surface area contributed by atoms with Crippen molar-refractivity contribution < 1.29 is 14.9 Å². The summed E-state index contributed by atoms with van der Waals surface area (Å²) in [7, 11) is 3.72. The van der Waals surface area contributed by atoms with Gasteiger partial charge in [-0.2, -0.15) is 0 Å². The van der Waals surface area contributed by atoms with E-state index >= 15 is 0 Å². The molecule has 0 fully saturated rings. The largest absolute Gasteiger partial charge is 0.496 e. The smallest absolute Gasteiger partial charge is 0.124 e. The predicted octanol–water partition coefficient (Wildman–Crippen LogP) is 3.56. The predicted molar refractivity (Wildman–Crippen MR) is 116 cm³/mol. The first kappa shape index (κ1) is 20.2. The fourth-order valence-electron chi connectivity index (χ4n) is 4.34. The standard InChI is InChI=1S/C23H27ClN2O3/c1-25-9-7-18-19-12-17(24)4-5-20(19)26(21(18)8-10-25)13-22(28)15-3-6-23(29-2)16(11-15)14-27/h3-6,11-12,22,27-28H,7-10,13-14H2,1-2H3. The van der Waals surface area contributed by atoms with Gasteiger partial charge in [-0.3, -0.25) is 0 Å². The zero-order chi connectivity index (χ0) is 20.5. The molecule has 2 N–H and O–H groups in total. The molecule has 0 amide bonds. The van der Waals surface area contributed by atoms with E-state index in [0.717, 1.165) is 42.0 Å². The number of rotatable bonds is 5. The van der Waals surface area contributed by atoms with Crippen LogP contribution in [-0.2, 0) is 26.0 Å². The Kier molecular flexibility index (Phi) is 5.83. The first-order valence-electron chi connectivity index (χ1n) is 9.95. The highest BCUT2D eigenvalue weighted by Crippen LogP contribution is 2.33. The summed E-state index contributed by atoms with van der Waals surface area (Å²) < 4.78 is 7.52. The first-order chi connectivity index (χ1) is 14.0. The lowest BCUT2D eigenvalue weighted by Gasteiger charge is -2.18. The van der Waals surface area contributed by atoms with E-state index in [2.05, 4.69) is 22.6 Å². The minimum absolute atomic E-state index is 0.129. The maximum absolute atomic E-state index is 11.0. The Morgan fingerprint density at radius 3 is 2.69 bits per heavy atom. The van der Waals surface area contributed by atoms with Crippen molar-refractivity contribution >= 4 is 22.5 Å². The van der Waals surface area contributed by atoms with Crippen LogP contribution in [-0.4, -0.2) is 46.9 Å². The summed E-state index contributed by atoms with van der Waals surface area (Å²) in [6.07, 6.45) is 1.22. The number of benzene rings is 2. The molecule has 2 aromatic carbocycles. The van der Waals surface area contributed by atoms with Crippen LogP contribution < -0.4 is 4.74 Å². The van der Waals surface area contributed by atoms with E-state index in [4.69, 9.17) is 16.3 Å². The molecule has 0 saturated heterocycles. The molecular weight excluding hydrogens is 388 g/mol. The number of aromatic nitrogens is 1. The van der Waals surface area contributed by atoms with Crippen molar-refractivity contribution in [1.82, 2.24) is 9.47 Å². The highest BCUT2D eigenvalue weighted by Gasteiger charge is 2.23. The molecule has 1 aliphatic rings. The molecule has 1 unspecified atom stereocenters. The number of fused-ring (bicyclic) bond motifs is 3. The van der Waals surface area contributed by atoms with Crippen LogP contribution in [0.15, 0.2) is 36.4 Å². The van der Waals surface area contributed by atoms with Crippen LogP contribution >= 0.6 is 11.6 Å². The molecule has 5 nitrogen and oxygen atoms in total. The van der Waals surface area contributed by atoms with Crippen LogP contribution in [0.2, 0.25) is 5.02 Å². The molecule has 0 bridgehead atoms. The van der Waals surface area contributed by atoms with Gasteiger partial charge in [-0.05, 0) is 54.9 Å². The number of nitrogens with zero attached hydrogens (tertiary/aromatic N) is 2. The normalized spacial score (nSPS) is 15.9. The van der Waals surface area contributed by atoms with Crippen LogP contribution in [0.25, 0.3) is 10.9 Å². The van der Waals surface area contributed by atoms with Crippen LogP contribution in [0.4, 0.5) is 0 Å². The minimum atomic E-state index is -0.692. The summed E-state index contributed by atoms with van der Waals surface area (Å²) in [5.74, 6) is 0.626. The number of ether oxygens (including phenoxy) is 1. The average Bonchev–Trinajstić information content (AvgIpc) is 2.86. The van der Waals surface area contributed by atoms with Gasteiger partial charge in [0.05, 0.1) is 26.4 Å². The Hall–Kier alpha value is -2.05. The Balaban J connectivity index is 1.74. The zero-order valence-corrected chi connectivity index (χ0v) is 17.6. The van der Waals surface area contributed by atoms with E-state index in [0.29, 0.717) is 17.9 Å². The molecule has 0 radical (unpaired) electrons. The lowest BCUT2D eigenvalue weighted by atomic mass is 10.0. The number of hydrogen-bond donors (Lipinski definition) is 2. The van der Waals surface area contributed by atoms with Gasteiger partial charge >= 0.3 is 0 Å². The quantitative estimate of drug-likeness (QED) is 0.670. The van der Waals surface area contributed by atoms with Crippen molar-refractivity contribution in [2.75, 3.05) is 27.2 Å². The molecule has 0 saturated carbocycles. The van der Waals surface area contributed by atoms with E-state index in [1.54, 1.807) is 13.2 Å². The number of methoxy groups -OCH3 is 1. The average molecular weight is 415 g/mol. The van der Waals surface area contributed by atoms with Gasteiger partial charge in [0.1, 0.15) is 5.75 Å². The van der Waals surface area contributed by atoms with E-state index in [1.807, 2.05) is 24.3 Å². The van der Waals surface area contributed by atoms with Crippen molar-refractivity contribution in [2.24, 2.45) is 0 Å². The third kappa shape index (κ3) is 3.88. The van der Waals surface area contributed by atoms with Crippen LogP contribution in [0.3, 0.4) is 0 Å². The monoisotopic (exact) mass is 414 g/mol. The highest BCUT2D eigenvalue weighted by atomic mass is 35.5. The highest BCUT2D eigenvalue weighted by molar-refractivity contribution is 6.31. The fourth-order valence-corrected chi connectivity index (χ4v) is 4.51. The maximum Gasteiger partial charge on any atom is 0.124 e. The van der Waals surface area contributed by atoms with Gasteiger partial charge in [0, 0.05) is 46.7 Å². The fraction of sp³-hybridized carbons (Fsp3) is 0.391. The number of aliphatic hydroxyl groups excluding tert-OH is 2. The Morgan fingerprint density at radius 2 is 1.93 bits per heavy atom. The van der Waals surface area contributed by atoms with E-state index in [-0.39, 0.29) is 6.61 Å². The maximum atomic E-state index is 11.0. The zero-order valence-electron chi connectivity index (χ0n) is 16.9. The second kappa shape index (κ2) is 8.36. The second-order valence-electron chi connectivity index (χ2n) is 7.75. The van der Waals surface area contributed by atoms with Gasteiger partial charge in [0.2, 0.25) is 0 Å². The second-order valence-corrected chi connectivity index (χ2v) is 8.18. The van der Waals surface area contributed by atoms with Gasteiger partial charge in [-0.15, -0.1) is 0 Å². The number of hydrogen-bond acceptors (Lipinski definition) is 4. The summed E-state index contributed by atoms with van der Waals surface area (Å²) in [5, 5.41) is 22.6. The van der Waals surface area contributed by atoms with E-state index < -0.39 is 6.10 Å². The van der Waals surface area contributed by atoms with Crippen molar-refractivity contribution in [3.63, 3.8) is 0 Å². The SMILES string of the molecule is COc1ccc(C(O)Cn2c3c(c4cc(Cl)ccc42)CCN(C)CC3)cc1CO. The van der Waals surface area contributed by atoms with Crippen molar-refractivity contribution in [3.8, 4) is 5.75 Å². The molecule has 1 aliphatic heterocycles. The van der Waals surface area contributed by atoms with Crippen LogP contribution in [0.1, 0.15) is 28.5 Å². The molecule has 3 aromatic rings. The van der Waals surface area contributed by atoms with Gasteiger partial charge in [-0.25, -0.2) is 0 Å². The summed E-state index contributed by atoms with van der Waals surface area (Å²) in [5.41, 5.74) is 5.17. The summed E-state index contributed by atoms with van der Waals surface area (Å²) >= 11 is 6.30. The van der Waals surface area contributed by atoms with Gasteiger partial charge < -0.3 is 24.4 Å². The molecule has 1 atom stereocenters. The third-order valence-electron chi connectivity index (χ3n) is 5.94. The number of aliphatic hydroxyl groups is 2. The van der Waals surface area contributed by atoms with E-state index in [1.165, 1.54) is 16.6 Å². The lowest BCUT2D eigenvalue weighted by Crippen LogP contribution is -2.21. The Labute approximate surface area is 176 Å². The molecule has 4 rings (SSSR count). The molecule has 154 valence electrons. The Morgan fingerprint density at radius 1 is 1.14 bits per heavy atom. The number of likely N-dealkylation sites (N-methyl/N-ethyl adjacent to an activating group) is 1. The summed E-state index contributed by atoms with van der Waals surface area (Å²) in [4.78, 5) is 2.34. The van der Waals surface area contributed by atoms with Crippen molar-refractivity contribution in [2.45, 2.75) is 32.1 Å². The van der Waals surface area contributed by atoms with Crippen molar-refractivity contribution in [3.05, 3.63) is 63.8 Å². The Bertz CT molecular complexity index is 1030. The first-order valence-corrected chi connectivity index (χ1v) is 10.3. The summed E-state index contributed by atoms with van der Waals surface area (Å²) in [6, 6.07) is 11.5. The molecular formula is C23H27ClN2O3.